The number of halogens is 1. The molecule has 0 bridgehead atoms. The Bertz CT molecular complexity index is 1120. The third kappa shape index (κ3) is 5.34. The zero-order valence-electron chi connectivity index (χ0n) is 19.6. The number of benzene rings is 2. The van der Waals surface area contributed by atoms with E-state index in [-0.39, 0.29) is 12.3 Å². The van der Waals surface area contributed by atoms with Gasteiger partial charge in [-0.1, -0.05) is 55.7 Å². The molecule has 1 heterocycles. The van der Waals surface area contributed by atoms with Crippen molar-refractivity contribution in [2.24, 2.45) is 0 Å². The van der Waals surface area contributed by atoms with Crippen LogP contribution in [0.1, 0.15) is 37.7 Å². The molecule has 1 saturated carbocycles. The number of rotatable bonds is 7. The Morgan fingerprint density at radius 3 is 2.49 bits per heavy atom. The monoisotopic (exact) mass is 480 g/mol. The first kappa shape index (κ1) is 24.4. The number of likely N-dealkylation sites (N-methyl/N-ethyl adjacent to an activating group) is 1. The summed E-state index contributed by atoms with van der Waals surface area (Å²) in [5.41, 5.74) is 0.234. The maximum absolute atomic E-state index is 13.7. The summed E-state index contributed by atoms with van der Waals surface area (Å²) in [6, 6.07) is 13.2. The molecule has 1 aliphatic heterocycles. The molecule has 2 aliphatic rings. The van der Waals surface area contributed by atoms with Crippen molar-refractivity contribution in [1.82, 2.24) is 15.5 Å². The number of amides is 5. The van der Waals surface area contributed by atoms with Gasteiger partial charge in [0, 0.05) is 19.2 Å². The van der Waals surface area contributed by atoms with Crippen molar-refractivity contribution >= 4 is 29.4 Å². The average molecular weight is 481 g/mol. The Labute approximate surface area is 203 Å². The van der Waals surface area contributed by atoms with Crippen LogP contribution in [0.4, 0.5) is 14.9 Å². The van der Waals surface area contributed by atoms with Crippen LogP contribution in [0.2, 0.25) is 0 Å². The second-order valence-electron chi connectivity index (χ2n) is 9.15. The molecule has 1 atom stereocenters. The highest BCUT2D eigenvalue weighted by Gasteiger charge is 2.51. The molecule has 8 nitrogen and oxygen atoms in total. The summed E-state index contributed by atoms with van der Waals surface area (Å²) in [7, 11) is 1.51. The minimum atomic E-state index is -0.984. The standard InChI is InChI=1S/C26H29FN4O4/c1-30(20-12-8-11-19(27)16-20)23(33)21(15-18-9-4-2-5-10-18)28-22(32)17-31-24(34)26(29-25(31)35)13-6-3-7-14-26/h2,4-5,8-12,16,21H,3,6-7,13-15,17H2,1H3,(H,28,32)(H,29,35)/t21-/m0/s1. The van der Waals surface area contributed by atoms with Gasteiger partial charge in [-0.2, -0.15) is 0 Å². The van der Waals surface area contributed by atoms with Crippen molar-refractivity contribution < 1.29 is 23.6 Å². The lowest BCUT2D eigenvalue weighted by Crippen LogP contribution is -2.52. The molecule has 0 unspecified atom stereocenters. The van der Waals surface area contributed by atoms with E-state index in [9.17, 15) is 23.6 Å². The largest absolute Gasteiger partial charge is 0.342 e. The Morgan fingerprint density at radius 2 is 1.80 bits per heavy atom. The van der Waals surface area contributed by atoms with E-state index in [0.29, 0.717) is 18.5 Å². The van der Waals surface area contributed by atoms with Crippen LogP contribution in [0, 0.1) is 5.82 Å². The van der Waals surface area contributed by atoms with Gasteiger partial charge < -0.3 is 15.5 Å². The fraction of sp³-hybridized carbons (Fsp3) is 0.385. The summed E-state index contributed by atoms with van der Waals surface area (Å²) in [6.45, 7) is -0.478. The molecule has 2 aromatic carbocycles. The van der Waals surface area contributed by atoms with Crippen molar-refractivity contribution in [1.29, 1.82) is 0 Å². The molecular weight excluding hydrogens is 451 g/mol. The fourth-order valence-corrected chi connectivity index (χ4v) is 4.79. The summed E-state index contributed by atoms with van der Waals surface area (Å²) in [5.74, 6) is -1.95. The quantitative estimate of drug-likeness (QED) is 0.596. The van der Waals surface area contributed by atoms with E-state index in [2.05, 4.69) is 10.6 Å². The molecule has 0 aromatic heterocycles. The highest BCUT2D eigenvalue weighted by molar-refractivity contribution is 6.09. The van der Waals surface area contributed by atoms with Crippen LogP contribution in [0.5, 0.6) is 0 Å². The van der Waals surface area contributed by atoms with Gasteiger partial charge in [0.05, 0.1) is 0 Å². The summed E-state index contributed by atoms with van der Waals surface area (Å²) < 4.78 is 13.7. The molecule has 2 fully saturated rings. The Balaban J connectivity index is 1.49. The highest BCUT2D eigenvalue weighted by atomic mass is 19.1. The fourth-order valence-electron chi connectivity index (χ4n) is 4.79. The maximum Gasteiger partial charge on any atom is 0.325 e. The second kappa shape index (κ2) is 10.2. The lowest BCUT2D eigenvalue weighted by Gasteiger charge is -2.30. The average Bonchev–Trinajstić information content (AvgIpc) is 3.07. The van der Waals surface area contributed by atoms with Crippen LogP contribution in [0.15, 0.2) is 54.6 Å². The van der Waals surface area contributed by atoms with Crippen LogP contribution in [-0.4, -0.2) is 53.8 Å². The molecule has 184 valence electrons. The number of carbonyl (C=O) groups is 4. The van der Waals surface area contributed by atoms with Gasteiger partial charge >= 0.3 is 6.03 Å². The molecule has 0 radical (unpaired) electrons. The first-order chi connectivity index (χ1) is 16.8. The molecule has 5 amide bonds. The van der Waals surface area contributed by atoms with Gasteiger partial charge in [0.1, 0.15) is 23.9 Å². The van der Waals surface area contributed by atoms with Crippen molar-refractivity contribution in [3.05, 3.63) is 66.0 Å². The molecule has 2 aromatic rings. The number of imide groups is 1. The number of carbonyl (C=O) groups excluding carboxylic acids is 4. The van der Waals surface area contributed by atoms with Gasteiger partial charge in [-0.05, 0) is 36.6 Å². The first-order valence-corrected chi connectivity index (χ1v) is 11.8. The number of urea groups is 1. The van der Waals surface area contributed by atoms with Gasteiger partial charge in [0.2, 0.25) is 11.8 Å². The normalized spacial score (nSPS) is 17.7. The highest BCUT2D eigenvalue weighted by Crippen LogP contribution is 2.33. The Kier molecular flexibility index (Phi) is 7.14. The summed E-state index contributed by atoms with van der Waals surface area (Å²) in [5, 5.41) is 5.47. The molecule has 9 heteroatoms. The van der Waals surface area contributed by atoms with E-state index in [1.807, 2.05) is 30.3 Å². The topological polar surface area (TPSA) is 98.8 Å². The van der Waals surface area contributed by atoms with Crippen molar-refractivity contribution in [2.75, 3.05) is 18.5 Å². The van der Waals surface area contributed by atoms with E-state index >= 15 is 0 Å². The van der Waals surface area contributed by atoms with Gasteiger partial charge in [0.25, 0.3) is 5.91 Å². The number of hydrogen-bond donors (Lipinski definition) is 2. The minimum absolute atomic E-state index is 0.190. The molecule has 1 aliphatic carbocycles. The lowest BCUT2D eigenvalue weighted by atomic mass is 9.82. The van der Waals surface area contributed by atoms with E-state index < -0.39 is 41.8 Å². The molecule has 4 rings (SSSR count). The second-order valence-corrected chi connectivity index (χ2v) is 9.15. The smallest absolute Gasteiger partial charge is 0.325 e. The predicted octanol–water partition coefficient (Wildman–Crippen LogP) is 2.77. The van der Waals surface area contributed by atoms with Crippen LogP contribution in [0.3, 0.4) is 0 Å². The third-order valence-corrected chi connectivity index (χ3v) is 6.70. The number of hydrogen-bond acceptors (Lipinski definition) is 4. The van der Waals surface area contributed by atoms with Crippen LogP contribution in [0.25, 0.3) is 0 Å². The van der Waals surface area contributed by atoms with Gasteiger partial charge in [0.15, 0.2) is 0 Å². The Hall–Kier alpha value is -3.75. The SMILES string of the molecule is CN(C(=O)[C@H](Cc1ccccc1)NC(=O)CN1C(=O)NC2(CCCCC2)C1=O)c1cccc(F)c1. The number of nitrogens with zero attached hydrogens (tertiary/aromatic N) is 2. The van der Waals surface area contributed by atoms with E-state index in [1.54, 1.807) is 6.07 Å². The van der Waals surface area contributed by atoms with Crippen molar-refractivity contribution in [3.63, 3.8) is 0 Å². The maximum atomic E-state index is 13.7. The van der Waals surface area contributed by atoms with Gasteiger partial charge in [-0.15, -0.1) is 0 Å². The van der Waals surface area contributed by atoms with Crippen LogP contribution < -0.4 is 15.5 Å². The van der Waals surface area contributed by atoms with Gasteiger partial charge in [-0.3, -0.25) is 19.3 Å². The van der Waals surface area contributed by atoms with Crippen molar-refractivity contribution in [2.45, 2.75) is 50.1 Å². The Morgan fingerprint density at radius 1 is 1.09 bits per heavy atom. The number of nitrogens with one attached hydrogen (secondary N) is 2. The summed E-state index contributed by atoms with van der Waals surface area (Å²) in [6.07, 6.45) is 3.99. The van der Waals surface area contributed by atoms with E-state index in [4.69, 9.17) is 0 Å². The molecule has 2 N–H and O–H groups in total. The summed E-state index contributed by atoms with van der Waals surface area (Å²) in [4.78, 5) is 54.1. The lowest BCUT2D eigenvalue weighted by molar-refractivity contribution is -0.136. The van der Waals surface area contributed by atoms with Gasteiger partial charge in [-0.25, -0.2) is 9.18 Å². The molecule has 1 saturated heterocycles. The molecule has 1 spiro atoms. The van der Waals surface area contributed by atoms with Crippen LogP contribution in [-0.2, 0) is 20.8 Å². The zero-order chi connectivity index (χ0) is 25.0. The summed E-state index contributed by atoms with van der Waals surface area (Å²) >= 11 is 0. The minimum Gasteiger partial charge on any atom is -0.342 e. The van der Waals surface area contributed by atoms with E-state index in [0.717, 1.165) is 29.7 Å². The predicted molar refractivity (Wildman–Crippen MR) is 128 cm³/mol. The molecular formula is C26H29FN4O4. The van der Waals surface area contributed by atoms with Crippen LogP contribution >= 0.6 is 0 Å². The number of anilines is 1. The van der Waals surface area contributed by atoms with Crippen molar-refractivity contribution in [3.8, 4) is 0 Å². The third-order valence-electron chi connectivity index (χ3n) is 6.70. The zero-order valence-corrected chi connectivity index (χ0v) is 19.6. The molecule has 35 heavy (non-hydrogen) atoms. The first-order valence-electron chi connectivity index (χ1n) is 11.8. The van der Waals surface area contributed by atoms with E-state index in [1.165, 1.54) is 30.1 Å².